The zero-order valence-electron chi connectivity index (χ0n) is 12.6. The number of benzene rings is 1. The molecule has 0 saturated heterocycles. The molecule has 0 aliphatic carbocycles. The first kappa shape index (κ1) is 18.0. The van der Waals surface area contributed by atoms with Crippen molar-refractivity contribution in [1.82, 2.24) is 19.6 Å². The Morgan fingerprint density at radius 3 is 2.23 bits per heavy atom. The maximum atomic E-state index is 13.5. The maximum Gasteiger partial charge on any atom is 0.350 e. The number of aromatic amines is 1. The molecule has 13 heteroatoms. The van der Waals surface area contributed by atoms with Crippen LogP contribution in [0.4, 0.5) is 22.0 Å². The zero-order chi connectivity index (χ0) is 19.4. The van der Waals surface area contributed by atoms with Gasteiger partial charge in [0, 0.05) is 6.26 Å². The minimum atomic E-state index is -4.05. The van der Waals surface area contributed by atoms with E-state index < -0.39 is 67.0 Å². The van der Waals surface area contributed by atoms with Gasteiger partial charge in [0.25, 0.3) is 6.43 Å². The van der Waals surface area contributed by atoms with Crippen molar-refractivity contribution in [3.63, 3.8) is 0 Å². The van der Waals surface area contributed by atoms with E-state index in [0.29, 0.717) is 22.9 Å². The van der Waals surface area contributed by atoms with E-state index in [1.807, 2.05) is 4.98 Å². The second-order valence-corrected chi connectivity index (χ2v) is 7.10. The van der Waals surface area contributed by atoms with Crippen molar-refractivity contribution < 1.29 is 30.4 Å². The van der Waals surface area contributed by atoms with Crippen LogP contribution in [0.1, 0.15) is 12.1 Å². The number of rotatable bonds is 3. The Labute approximate surface area is 141 Å². The van der Waals surface area contributed by atoms with Crippen LogP contribution < -0.4 is 5.69 Å². The van der Waals surface area contributed by atoms with Crippen LogP contribution in [0.25, 0.3) is 16.8 Å². The molecule has 0 bridgehead atoms. The van der Waals surface area contributed by atoms with Gasteiger partial charge in [0.05, 0.1) is 5.56 Å². The van der Waals surface area contributed by atoms with Crippen LogP contribution in [-0.2, 0) is 9.84 Å². The number of fused-ring (bicyclic) bond motifs is 1. The van der Waals surface area contributed by atoms with Crippen molar-refractivity contribution in [2.75, 3.05) is 6.26 Å². The van der Waals surface area contributed by atoms with Crippen LogP contribution in [0.5, 0.6) is 0 Å². The summed E-state index contributed by atoms with van der Waals surface area (Å²) in [5.41, 5.74) is -4.28. The minimum absolute atomic E-state index is 0.324. The molecule has 3 rings (SSSR count). The molecule has 0 saturated carbocycles. The van der Waals surface area contributed by atoms with Gasteiger partial charge in [-0.15, -0.1) is 0 Å². The van der Waals surface area contributed by atoms with Crippen molar-refractivity contribution in [2.45, 2.75) is 11.6 Å². The summed E-state index contributed by atoms with van der Waals surface area (Å²) in [6.45, 7) is 0. The summed E-state index contributed by atoms with van der Waals surface area (Å²) in [6.07, 6.45) is -2.60. The third-order valence-corrected chi connectivity index (χ3v) is 4.23. The molecule has 0 unspecified atom stereocenters. The third-order valence-electron chi connectivity index (χ3n) is 3.33. The van der Waals surface area contributed by atoms with Crippen LogP contribution in [0, 0.1) is 17.5 Å². The van der Waals surface area contributed by atoms with E-state index >= 15 is 0 Å². The van der Waals surface area contributed by atoms with Crippen LogP contribution in [0.2, 0.25) is 0 Å². The van der Waals surface area contributed by atoms with E-state index in [4.69, 9.17) is 0 Å². The van der Waals surface area contributed by atoms with Gasteiger partial charge >= 0.3 is 5.69 Å². The maximum absolute atomic E-state index is 13.5. The molecule has 0 atom stereocenters. The van der Waals surface area contributed by atoms with Crippen LogP contribution in [0.15, 0.2) is 22.1 Å². The van der Waals surface area contributed by atoms with Crippen LogP contribution in [0.3, 0.4) is 0 Å². The van der Waals surface area contributed by atoms with Gasteiger partial charge in [0.1, 0.15) is 5.69 Å². The van der Waals surface area contributed by atoms with Gasteiger partial charge in [-0.25, -0.2) is 35.2 Å². The second-order valence-electron chi connectivity index (χ2n) is 5.17. The smallest absolute Gasteiger partial charge is 0.281 e. The summed E-state index contributed by atoms with van der Waals surface area (Å²) in [7, 11) is -4.05. The van der Waals surface area contributed by atoms with Gasteiger partial charge in [-0.2, -0.15) is 14.6 Å². The van der Waals surface area contributed by atoms with Gasteiger partial charge in [-0.1, -0.05) is 0 Å². The average molecular weight is 394 g/mol. The van der Waals surface area contributed by atoms with Crippen molar-refractivity contribution >= 4 is 15.5 Å². The summed E-state index contributed by atoms with van der Waals surface area (Å²) in [4.78, 5) is 17.3. The predicted molar refractivity (Wildman–Crippen MR) is 77.0 cm³/mol. The van der Waals surface area contributed by atoms with E-state index in [9.17, 15) is 35.2 Å². The van der Waals surface area contributed by atoms with E-state index in [1.165, 1.54) is 0 Å². The Hall–Kier alpha value is -2.83. The first-order valence-corrected chi connectivity index (χ1v) is 8.56. The lowest BCUT2D eigenvalue weighted by molar-refractivity contribution is 0.146. The molecule has 0 fully saturated rings. The van der Waals surface area contributed by atoms with Gasteiger partial charge < -0.3 is 0 Å². The lowest BCUT2D eigenvalue weighted by Gasteiger charge is -2.05. The van der Waals surface area contributed by atoms with Crippen molar-refractivity contribution in [3.05, 3.63) is 45.8 Å². The molecule has 26 heavy (non-hydrogen) atoms. The Bertz CT molecular complexity index is 1180. The SMILES string of the molecule is CS(=O)(=O)c1nc2c(-c3cc(F)c(F)c(F)c3)c(C(F)F)nn2c(=O)[nH]1. The largest absolute Gasteiger partial charge is 0.350 e. The Balaban J connectivity index is 2.48. The molecule has 2 heterocycles. The highest BCUT2D eigenvalue weighted by atomic mass is 32.2. The number of H-pyrrole nitrogens is 1. The van der Waals surface area contributed by atoms with Crippen molar-refractivity contribution in [3.8, 4) is 11.1 Å². The molecule has 1 aromatic carbocycles. The van der Waals surface area contributed by atoms with Gasteiger partial charge in [-0.3, -0.25) is 4.98 Å². The first-order chi connectivity index (χ1) is 12.0. The fourth-order valence-corrected chi connectivity index (χ4v) is 2.77. The molecule has 3 aromatic rings. The predicted octanol–water partition coefficient (Wildman–Crippen LogP) is 1.84. The lowest BCUT2D eigenvalue weighted by Crippen LogP contribution is -2.22. The number of sulfone groups is 1. The minimum Gasteiger partial charge on any atom is -0.281 e. The summed E-state index contributed by atoms with van der Waals surface area (Å²) in [5, 5.41) is 2.46. The molecule has 0 amide bonds. The Morgan fingerprint density at radius 1 is 1.15 bits per heavy atom. The Morgan fingerprint density at radius 2 is 1.73 bits per heavy atom. The molecule has 1 N–H and O–H groups in total. The molecular weight excluding hydrogens is 387 g/mol. The molecule has 138 valence electrons. The van der Waals surface area contributed by atoms with Crippen molar-refractivity contribution in [2.24, 2.45) is 0 Å². The molecule has 2 aromatic heterocycles. The van der Waals surface area contributed by atoms with E-state index in [2.05, 4.69) is 10.1 Å². The molecular formula is C13H7F5N4O3S. The van der Waals surface area contributed by atoms with E-state index in [0.717, 1.165) is 0 Å². The number of halogens is 5. The summed E-state index contributed by atoms with van der Waals surface area (Å²) < 4.78 is 90.2. The van der Waals surface area contributed by atoms with Gasteiger partial charge in [0.15, 0.2) is 23.1 Å². The zero-order valence-corrected chi connectivity index (χ0v) is 13.4. The first-order valence-electron chi connectivity index (χ1n) is 6.66. The lowest BCUT2D eigenvalue weighted by atomic mass is 10.1. The Kier molecular flexibility index (Phi) is 4.05. The summed E-state index contributed by atoms with van der Waals surface area (Å²) in [5.74, 6) is -5.17. The van der Waals surface area contributed by atoms with Crippen LogP contribution >= 0.6 is 0 Å². The number of hydrogen-bond donors (Lipinski definition) is 1. The summed E-state index contributed by atoms with van der Waals surface area (Å²) >= 11 is 0. The monoisotopic (exact) mass is 394 g/mol. The average Bonchev–Trinajstić information content (AvgIpc) is 2.91. The van der Waals surface area contributed by atoms with Gasteiger partial charge in [-0.05, 0) is 17.7 Å². The number of aromatic nitrogens is 4. The number of alkyl halides is 2. The van der Waals surface area contributed by atoms with Crippen LogP contribution in [-0.4, -0.2) is 34.3 Å². The standard InChI is InChI=1S/C13H7F5N4O3S/c1-26(24,25)12-19-11-7(4-2-5(14)8(16)6(15)3-4)9(10(17)18)21-22(11)13(23)20-12/h2-3,10H,1H3,(H,19,20,23). The molecule has 0 aliphatic rings. The molecule has 0 aliphatic heterocycles. The third kappa shape index (κ3) is 2.83. The topological polar surface area (TPSA) is 97.2 Å². The second kappa shape index (κ2) is 5.86. The number of hydrogen-bond acceptors (Lipinski definition) is 5. The highest BCUT2D eigenvalue weighted by molar-refractivity contribution is 7.90. The van der Waals surface area contributed by atoms with Crippen molar-refractivity contribution in [1.29, 1.82) is 0 Å². The van der Waals surface area contributed by atoms with E-state index in [1.54, 1.807) is 0 Å². The van der Waals surface area contributed by atoms with E-state index in [-0.39, 0.29) is 0 Å². The van der Waals surface area contributed by atoms with Gasteiger partial charge in [0.2, 0.25) is 15.0 Å². The summed E-state index contributed by atoms with van der Waals surface area (Å²) in [6, 6.07) is 0.814. The normalized spacial score (nSPS) is 12.3. The molecule has 0 spiro atoms. The molecule has 7 nitrogen and oxygen atoms in total. The quantitative estimate of drug-likeness (QED) is 0.540. The highest BCUT2D eigenvalue weighted by Crippen LogP contribution is 2.34. The fourth-order valence-electron chi connectivity index (χ4n) is 2.24. The number of nitrogens with one attached hydrogen (secondary N) is 1. The highest BCUT2D eigenvalue weighted by Gasteiger charge is 2.27. The molecule has 0 radical (unpaired) electrons. The number of nitrogens with zero attached hydrogens (tertiary/aromatic N) is 3. The fraction of sp³-hybridized carbons (Fsp3) is 0.154.